The molecule has 1 saturated heterocycles. The molecule has 0 unspecified atom stereocenters. The number of hydrogen-bond acceptors (Lipinski definition) is 6. The predicted octanol–water partition coefficient (Wildman–Crippen LogP) is 4.85. The number of piperidine rings is 1. The number of hydrogen-bond donors (Lipinski definition) is 2. The molecule has 0 aliphatic carbocycles. The van der Waals surface area contributed by atoms with Crippen LogP contribution < -0.4 is 9.62 Å². The maximum absolute atomic E-state index is 11.4. The molecule has 0 bridgehead atoms. The molecule has 1 aliphatic heterocycles. The van der Waals surface area contributed by atoms with Gasteiger partial charge in [0.25, 0.3) is 0 Å². The Morgan fingerprint density at radius 2 is 1.97 bits per heavy atom. The van der Waals surface area contributed by atoms with Gasteiger partial charge < -0.3 is 14.7 Å². The zero-order chi connectivity index (χ0) is 21.8. The van der Waals surface area contributed by atoms with Crippen LogP contribution in [0.4, 0.5) is 11.4 Å². The molecule has 7 nitrogen and oxygen atoms in total. The summed E-state index contributed by atoms with van der Waals surface area (Å²) >= 11 is 1.47. The van der Waals surface area contributed by atoms with Crippen molar-refractivity contribution in [2.45, 2.75) is 37.5 Å². The number of carbonyl (C=O) groups is 1. The SMILES string of the molecule is CCc1ccc(C(=O)O)cc1SNc1cc(-c2cnnn2C)ccc1N1CCCCC1. The fraction of sp³-hybridized carbons (Fsp3) is 0.348. The average molecular weight is 438 g/mol. The van der Waals surface area contributed by atoms with Crippen molar-refractivity contribution in [2.24, 2.45) is 7.05 Å². The van der Waals surface area contributed by atoms with E-state index in [1.54, 1.807) is 23.0 Å². The monoisotopic (exact) mass is 437 g/mol. The van der Waals surface area contributed by atoms with Gasteiger partial charge in [0.15, 0.2) is 0 Å². The second-order valence-electron chi connectivity index (χ2n) is 7.71. The Hall–Kier alpha value is -3.00. The van der Waals surface area contributed by atoms with E-state index >= 15 is 0 Å². The van der Waals surface area contributed by atoms with Gasteiger partial charge in [-0.1, -0.05) is 24.3 Å². The first kappa shape index (κ1) is 21.2. The summed E-state index contributed by atoms with van der Waals surface area (Å²) in [5.74, 6) is -0.913. The van der Waals surface area contributed by atoms with Crippen LogP contribution in [0.25, 0.3) is 11.3 Å². The molecule has 0 saturated carbocycles. The smallest absolute Gasteiger partial charge is 0.335 e. The Morgan fingerprint density at radius 3 is 2.65 bits per heavy atom. The molecule has 1 aliphatic rings. The lowest BCUT2D eigenvalue weighted by Gasteiger charge is -2.31. The molecule has 0 radical (unpaired) electrons. The topological polar surface area (TPSA) is 83.3 Å². The number of carboxylic acids is 1. The molecule has 2 aromatic carbocycles. The minimum Gasteiger partial charge on any atom is -0.478 e. The molecule has 31 heavy (non-hydrogen) atoms. The second kappa shape index (κ2) is 9.43. The number of benzene rings is 2. The first-order valence-electron chi connectivity index (χ1n) is 10.6. The zero-order valence-electron chi connectivity index (χ0n) is 17.8. The van der Waals surface area contributed by atoms with Crippen LogP contribution in [0.5, 0.6) is 0 Å². The summed E-state index contributed by atoms with van der Waals surface area (Å²) in [5.41, 5.74) is 5.57. The number of nitrogens with one attached hydrogen (secondary N) is 1. The average Bonchev–Trinajstić information content (AvgIpc) is 3.23. The van der Waals surface area contributed by atoms with Crippen LogP contribution in [0.1, 0.15) is 42.1 Å². The van der Waals surface area contributed by atoms with Gasteiger partial charge in [-0.05, 0) is 67.5 Å². The summed E-state index contributed by atoms with van der Waals surface area (Å²) in [5, 5.41) is 17.4. The van der Waals surface area contributed by atoms with Gasteiger partial charge >= 0.3 is 5.97 Å². The van der Waals surface area contributed by atoms with E-state index < -0.39 is 5.97 Å². The van der Waals surface area contributed by atoms with Crippen LogP contribution in [0, 0.1) is 0 Å². The lowest BCUT2D eigenvalue weighted by molar-refractivity contribution is 0.0696. The van der Waals surface area contributed by atoms with Gasteiger partial charge in [-0.2, -0.15) is 0 Å². The molecular formula is C23H27N5O2S. The number of carboxylic acid groups (broad SMARTS) is 1. The van der Waals surface area contributed by atoms with Crippen LogP contribution in [0.15, 0.2) is 47.5 Å². The van der Waals surface area contributed by atoms with Crippen molar-refractivity contribution in [2.75, 3.05) is 22.7 Å². The van der Waals surface area contributed by atoms with Crippen LogP contribution in [0.2, 0.25) is 0 Å². The third-order valence-corrected chi connectivity index (χ3v) is 6.59. The highest BCUT2D eigenvalue weighted by atomic mass is 32.2. The fourth-order valence-corrected chi connectivity index (χ4v) is 4.84. The summed E-state index contributed by atoms with van der Waals surface area (Å²) in [7, 11) is 1.88. The number of aromatic carboxylic acids is 1. The van der Waals surface area contributed by atoms with E-state index in [0.29, 0.717) is 5.56 Å². The van der Waals surface area contributed by atoms with Crippen LogP contribution >= 0.6 is 11.9 Å². The van der Waals surface area contributed by atoms with Crippen LogP contribution in [0.3, 0.4) is 0 Å². The van der Waals surface area contributed by atoms with Crippen LogP contribution in [-0.2, 0) is 13.5 Å². The molecule has 3 aromatic rings. The maximum Gasteiger partial charge on any atom is 0.335 e. The molecule has 2 heterocycles. The van der Waals surface area contributed by atoms with Gasteiger partial charge in [-0.3, -0.25) is 0 Å². The standard InChI is InChI=1S/C23H27N5O2S/c1-3-16-7-8-18(23(29)30)14-22(16)31-25-19-13-17(21-15-24-26-27(21)2)9-10-20(19)28-11-5-4-6-12-28/h7-10,13-15,25H,3-6,11-12H2,1-2H3,(H,29,30). The van der Waals surface area contributed by atoms with Crippen molar-refractivity contribution in [1.82, 2.24) is 15.0 Å². The van der Waals surface area contributed by atoms with E-state index in [1.165, 1.54) is 36.9 Å². The predicted molar refractivity (Wildman–Crippen MR) is 125 cm³/mol. The van der Waals surface area contributed by atoms with Gasteiger partial charge in [-0.15, -0.1) is 5.10 Å². The lowest BCUT2D eigenvalue weighted by Crippen LogP contribution is -2.29. The highest BCUT2D eigenvalue weighted by Crippen LogP contribution is 2.36. The zero-order valence-corrected chi connectivity index (χ0v) is 18.7. The first-order valence-corrected chi connectivity index (χ1v) is 11.4. The van der Waals surface area contributed by atoms with Crippen molar-refractivity contribution in [3.05, 3.63) is 53.7 Å². The Labute approximate surface area is 186 Å². The maximum atomic E-state index is 11.4. The lowest BCUT2D eigenvalue weighted by atomic mass is 10.1. The van der Waals surface area contributed by atoms with E-state index in [1.807, 2.05) is 13.1 Å². The Bertz CT molecular complexity index is 1080. The fourth-order valence-electron chi connectivity index (χ4n) is 3.92. The number of anilines is 2. The van der Waals surface area contributed by atoms with E-state index in [9.17, 15) is 9.90 Å². The summed E-state index contributed by atoms with van der Waals surface area (Å²) in [6.45, 7) is 4.16. The largest absolute Gasteiger partial charge is 0.478 e. The van der Waals surface area contributed by atoms with Gasteiger partial charge in [0, 0.05) is 30.6 Å². The van der Waals surface area contributed by atoms with Crippen molar-refractivity contribution in [3.8, 4) is 11.3 Å². The minimum atomic E-state index is -0.913. The summed E-state index contributed by atoms with van der Waals surface area (Å²) in [4.78, 5) is 14.8. The first-order chi connectivity index (χ1) is 15.1. The Morgan fingerprint density at radius 1 is 1.16 bits per heavy atom. The van der Waals surface area contributed by atoms with E-state index in [-0.39, 0.29) is 0 Å². The number of aryl methyl sites for hydroxylation is 2. The third kappa shape index (κ3) is 4.69. The molecule has 8 heteroatoms. The molecule has 162 valence electrons. The van der Waals surface area contributed by atoms with Gasteiger partial charge in [0.1, 0.15) is 0 Å². The highest BCUT2D eigenvalue weighted by molar-refractivity contribution is 8.00. The van der Waals surface area contributed by atoms with Gasteiger partial charge in [-0.25, -0.2) is 9.48 Å². The molecule has 0 amide bonds. The molecule has 1 fully saturated rings. The number of nitrogens with zero attached hydrogens (tertiary/aromatic N) is 4. The van der Waals surface area contributed by atoms with E-state index in [2.05, 4.69) is 45.1 Å². The highest BCUT2D eigenvalue weighted by Gasteiger charge is 2.17. The Balaban J connectivity index is 1.67. The van der Waals surface area contributed by atoms with Crippen molar-refractivity contribution in [1.29, 1.82) is 0 Å². The molecule has 1 aromatic heterocycles. The second-order valence-corrected chi connectivity index (χ2v) is 8.56. The molecule has 0 atom stereocenters. The third-order valence-electron chi connectivity index (χ3n) is 5.67. The molecule has 2 N–H and O–H groups in total. The summed E-state index contributed by atoms with van der Waals surface area (Å²) in [6.07, 6.45) is 6.26. The molecule has 0 spiro atoms. The van der Waals surface area contributed by atoms with Crippen molar-refractivity contribution < 1.29 is 9.90 Å². The van der Waals surface area contributed by atoms with Crippen LogP contribution in [-0.4, -0.2) is 39.2 Å². The Kier molecular flexibility index (Phi) is 6.46. The van der Waals surface area contributed by atoms with Gasteiger partial charge in [0.2, 0.25) is 0 Å². The summed E-state index contributed by atoms with van der Waals surface area (Å²) in [6, 6.07) is 11.7. The number of rotatable bonds is 7. The van der Waals surface area contributed by atoms with E-state index in [0.717, 1.165) is 46.9 Å². The normalized spacial score (nSPS) is 13.9. The molecular weight excluding hydrogens is 410 g/mol. The quantitative estimate of drug-likeness (QED) is 0.511. The van der Waals surface area contributed by atoms with Gasteiger partial charge in [0.05, 0.1) is 28.8 Å². The van der Waals surface area contributed by atoms with E-state index in [4.69, 9.17) is 0 Å². The number of aromatic nitrogens is 3. The summed E-state index contributed by atoms with van der Waals surface area (Å²) < 4.78 is 5.28. The van der Waals surface area contributed by atoms with Crippen molar-refractivity contribution in [3.63, 3.8) is 0 Å². The molecule has 4 rings (SSSR count). The minimum absolute atomic E-state index is 0.299. The van der Waals surface area contributed by atoms with Crippen molar-refractivity contribution >= 4 is 29.3 Å².